The number of pyridine rings is 1. The Kier molecular flexibility index (Phi) is 5.34. The van der Waals surface area contributed by atoms with Crippen LogP contribution in [0, 0.1) is 6.92 Å². The van der Waals surface area contributed by atoms with Gasteiger partial charge in [0.1, 0.15) is 5.75 Å². The van der Waals surface area contributed by atoms with Crippen molar-refractivity contribution in [1.82, 2.24) is 10.3 Å². The number of benzene rings is 1. The Morgan fingerprint density at radius 1 is 1.17 bits per heavy atom. The number of aryl methyl sites for hydroxylation is 1. The third-order valence-corrected chi connectivity index (χ3v) is 3.70. The third kappa shape index (κ3) is 4.79. The largest absolute Gasteiger partial charge is 0.497 e. The van der Waals surface area contributed by atoms with Crippen LogP contribution in [-0.2, 0) is 10.3 Å². The van der Waals surface area contributed by atoms with Crippen molar-refractivity contribution in [2.24, 2.45) is 0 Å². The van der Waals surface area contributed by atoms with Crippen LogP contribution in [0.1, 0.15) is 25.1 Å². The highest BCUT2D eigenvalue weighted by atomic mass is 16.5. The second-order valence-corrected chi connectivity index (χ2v) is 5.94. The van der Waals surface area contributed by atoms with E-state index >= 15 is 0 Å². The van der Waals surface area contributed by atoms with E-state index in [2.05, 4.69) is 15.6 Å². The zero-order valence-electron chi connectivity index (χ0n) is 14.0. The van der Waals surface area contributed by atoms with Gasteiger partial charge >= 0.3 is 0 Å². The molecular formula is C18H23N3O2. The Hall–Kier alpha value is -2.40. The lowest BCUT2D eigenvalue weighted by Gasteiger charge is -2.26. The fourth-order valence-corrected chi connectivity index (χ4v) is 2.12. The second-order valence-electron chi connectivity index (χ2n) is 5.94. The molecule has 1 heterocycles. The molecule has 1 aromatic heterocycles. The average molecular weight is 313 g/mol. The molecule has 1 aromatic carbocycles. The Bertz CT molecular complexity index is 649. The lowest BCUT2D eigenvalue weighted by atomic mass is 9.96. The molecule has 0 spiro atoms. The van der Waals surface area contributed by atoms with Crippen molar-refractivity contribution in [2.45, 2.75) is 26.3 Å². The summed E-state index contributed by atoms with van der Waals surface area (Å²) in [7, 11) is 1.61. The van der Waals surface area contributed by atoms with Crippen LogP contribution in [0.25, 0.3) is 0 Å². The number of nitrogens with zero attached hydrogens (tertiary/aromatic N) is 1. The van der Waals surface area contributed by atoms with Crippen LogP contribution in [0.2, 0.25) is 0 Å². The first-order valence-electron chi connectivity index (χ1n) is 7.53. The first kappa shape index (κ1) is 17.0. The number of carbonyl (C=O) groups is 1. The van der Waals surface area contributed by atoms with E-state index in [1.54, 1.807) is 7.11 Å². The summed E-state index contributed by atoms with van der Waals surface area (Å²) in [5, 5.41) is 6.11. The van der Waals surface area contributed by atoms with Gasteiger partial charge in [0, 0.05) is 23.1 Å². The highest BCUT2D eigenvalue weighted by Gasteiger charge is 2.21. The van der Waals surface area contributed by atoms with Crippen LogP contribution in [0.3, 0.4) is 0 Å². The van der Waals surface area contributed by atoms with Crippen molar-refractivity contribution < 1.29 is 9.53 Å². The van der Waals surface area contributed by atoms with E-state index < -0.39 is 0 Å². The summed E-state index contributed by atoms with van der Waals surface area (Å²) in [4.78, 5) is 16.4. The Morgan fingerprint density at radius 2 is 1.87 bits per heavy atom. The number of methoxy groups -OCH3 is 1. The van der Waals surface area contributed by atoms with E-state index in [-0.39, 0.29) is 18.0 Å². The van der Waals surface area contributed by atoms with Gasteiger partial charge in [-0.15, -0.1) is 0 Å². The average Bonchev–Trinajstić information content (AvgIpc) is 2.54. The van der Waals surface area contributed by atoms with Crippen molar-refractivity contribution in [3.05, 3.63) is 53.9 Å². The van der Waals surface area contributed by atoms with Gasteiger partial charge in [-0.2, -0.15) is 0 Å². The number of amides is 1. The van der Waals surface area contributed by atoms with Crippen molar-refractivity contribution in [1.29, 1.82) is 0 Å². The molecule has 0 radical (unpaired) electrons. The summed E-state index contributed by atoms with van der Waals surface area (Å²) in [6.45, 7) is 6.22. The predicted molar refractivity (Wildman–Crippen MR) is 91.6 cm³/mol. The van der Waals surface area contributed by atoms with Crippen LogP contribution in [-0.4, -0.2) is 24.5 Å². The number of hydrogen-bond donors (Lipinski definition) is 2. The molecule has 23 heavy (non-hydrogen) atoms. The molecule has 0 fully saturated rings. The van der Waals surface area contributed by atoms with Gasteiger partial charge in [0.2, 0.25) is 5.91 Å². The van der Waals surface area contributed by atoms with E-state index in [4.69, 9.17) is 4.74 Å². The van der Waals surface area contributed by atoms with Gasteiger partial charge < -0.3 is 10.1 Å². The Labute approximate surface area is 137 Å². The monoisotopic (exact) mass is 313 g/mol. The normalized spacial score (nSPS) is 11.1. The quantitative estimate of drug-likeness (QED) is 0.861. The lowest BCUT2D eigenvalue weighted by molar-refractivity contribution is -0.115. The highest BCUT2D eigenvalue weighted by molar-refractivity contribution is 5.92. The number of ether oxygens (including phenoxy) is 1. The Morgan fingerprint density at radius 3 is 2.43 bits per heavy atom. The first-order valence-corrected chi connectivity index (χ1v) is 7.53. The van der Waals surface area contributed by atoms with Gasteiger partial charge in [-0.1, -0.05) is 6.07 Å². The maximum Gasteiger partial charge on any atom is 0.238 e. The van der Waals surface area contributed by atoms with Gasteiger partial charge in [-0.3, -0.25) is 15.1 Å². The number of rotatable bonds is 6. The molecule has 0 unspecified atom stereocenters. The SMILES string of the molecule is COc1ccc(NC(=O)CNC(C)(C)c2ccc(C)nc2)cc1. The molecule has 2 N–H and O–H groups in total. The number of hydrogen-bond acceptors (Lipinski definition) is 4. The van der Waals surface area contributed by atoms with Gasteiger partial charge in [0.15, 0.2) is 0 Å². The van der Waals surface area contributed by atoms with E-state index in [0.29, 0.717) is 0 Å². The van der Waals surface area contributed by atoms with Crippen LogP contribution in [0.5, 0.6) is 5.75 Å². The molecule has 2 rings (SSSR count). The van der Waals surface area contributed by atoms with Crippen molar-refractivity contribution in [3.8, 4) is 5.75 Å². The molecule has 5 heteroatoms. The summed E-state index contributed by atoms with van der Waals surface area (Å²) >= 11 is 0. The maximum atomic E-state index is 12.1. The molecule has 0 saturated carbocycles. The zero-order valence-corrected chi connectivity index (χ0v) is 14.0. The molecule has 0 bridgehead atoms. The Balaban J connectivity index is 1.90. The predicted octanol–water partition coefficient (Wildman–Crippen LogP) is 2.86. The summed E-state index contributed by atoms with van der Waals surface area (Å²) in [6.07, 6.45) is 1.84. The van der Waals surface area contributed by atoms with Crippen LogP contribution in [0.15, 0.2) is 42.6 Å². The molecule has 0 aliphatic rings. The molecule has 0 saturated heterocycles. The van der Waals surface area contributed by atoms with Crippen molar-refractivity contribution >= 4 is 11.6 Å². The van der Waals surface area contributed by atoms with E-state index in [1.165, 1.54) is 0 Å². The summed E-state index contributed by atoms with van der Waals surface area (Å²) in [5.74, 6) is 0.664. The molecule has 0 atom stereocenters. The minimum Gasteiger partial charge on any atom is -0.497 e. The molecule has 1 amide bonds. The van der Waals surface area contributed by atoms with Crippen LogP contribution >= 0.6 is 0 Å². The molecular weight excluding hydrogens is 290 g/mol. The molecule has 0 aliphatic heterocycles. The molecule has 5 nitrogen and oxygen atoms in total. The first-order chi connectivity index (χ1) is 10.9. The minimum absolute atomic E-state index is 0.0942. The summed E-state index contributed by atoms with van der Waals surface area (Å²) in [6, 6.07) is 11.2. The van der Waals surface area contributed by atoms with E-state index in [9.17, 15) is 4.79 Å². The number of aromatic nitrogens is 1. The molecule has 122 valence electrons. The third-order valence-electron chi connectivity index (χ3n) is 3.70. The van der Waals surface area contributed by atoms with Crippen LogP contribution in [0.4, 0.5) is 5.69 Å². The molecule has 2 aromatic rings. The highest BCUT2D eigenvalue weighted by Crippen LogP contribution is 2.19. The van der Waals surface area contributed by atoms with Crippen molar-refractivity contribution in [3.63, 3.8) is 0 Å². The fraction of sp³-hybridized carbons (Fsp3) is 0.333. The van der Waals surface area contributed by atoms with Gasteiger partial charge in [-0.05, 0) is 56.7 Å². The van der Waals surface area contributed by atoms with Gasteiger partial charge in [0.25, 0.3) is 0 Å². The summed E-state index contributed by atoms with van der Waals surface area (Å²) in [5.41, 5.74) is 2.42. The second kappa shape index (κ2) is 7.24. The summed E-state index contributed by atoms with van der Waals surface area (Å²) < 4.78 is 5.09. The smallest absolute Gasteiger partial charge is 0.238 e. The maximum absolute atomic E-state index is 12.1. The van der Waals surface area contributed by atoms with Crippen molar-refractivity contribution in [2.75, 3.05) is 19.0 Å². The molecule has 0 aliphatic carbocycles. The minimum atomic E-state index is -0.335. The van der Waals surface area contributed by atoms with E-state index in [1.807, 2.05) is 63.4 Å². The number of anilines is 1. The topological polar surface area (TPSA) is 63.2 Å². The zero-order chi connectivity index (χ0) is 16.9. The number of nitrogens with one attached hydrogen (secondary N) is 2. The standard InChI is InChI=1S/C18H23N3O2/c1-13-5-6-14(11-19-13)18(2,3)20-12-17(22)21-15-7-9-16(23-4)10-8-15/h5-11,20H,12H2,1-4H3,(H,21,22). The fourth-order valence-electron chi connectivity index (χ4n) is 2.12. The number of carbonyl (C=O) groups excluding carboxylic acids is 1. The van der Waals surface area contributed by atoms with Gasteiger partial charge in [0.05, 0.1) is 13.7 Å². The lowest BCUT2D eigenvalue weighted by Crippen LogP contribution is -2.41. The van der Waals surface area contributed by atoms with Crippen LogP contribution < -0.4 is 15.4 Å². The van der Waals surface area contributed by atoms with Gasteiger partial charge in [-0.25, -0.2) is 0 Å². The van der Waals surface area contributed by atoms with E-state index in [0.717, 1.165) is 22.7 Å².